The molecule has 8 heteroatoms. The molecule has 0 spiro atoms. The Bertz CT molecular complexity index is 1120. The molecule has 0 saturated carbocycles. The van der Waals surface area contributed by atoms with Gasteiger partial charge in [-0.05, 0) is 53.7 Å². The topological polar surface area (TPSA) is 72.7 Å². The average molecular weight is 405 g/mol. The molecule has 0 unspecified atom stereocenters. The zero-order chi connectivity index (χ0) is 20.1. The molecule has 0 aliphatic rings. The van der Waals surface area contributed by atoms with Crippen LogP contribution >= 0.6 is 11.8 Å². The van der Waals surface area contributed by atoms with Crippen molar-refractivity contribution in [3.8, 4) is 11.4 Å². The van der Waals surface area contributed by atoms with Crippen molar-refractivity contribution in [2.24, 2.45) is 0 Å². The first-order chi connectivity index (χ1) is 14.2. The largest absolute Gasteiger partial charge is 0.323 e. The number of carbonyl (C=O) groups is 1. The van der Waals surface area contributed by atoms with Gasteiger partial charge in [-0.3, -0.25) is 4.79 Å². The van der Waals surface area contributed by atoms with Gasteiger partial charge in [0.2, 0.25) is 11.7 Å². The lowest BCUT2D eigenvalue weighted by molar-refractivity contribution is -0.117. The van der Waals surface area contributed by atoms with Crippen molar-refractivity contribution in [2.45, 2.75) is 16.3 Å². The number of benzene rings is 3. The smallest absolute Gasteiger partial charge is 0.248 e. The summed E-state index contributed by atoms with van der Waals surface area (Å²) in [6.45, 7) is -0.0848. The van der Waals surface area contributed by atoms with Gasteiger partial charge in [-0.15, -0.1) is 10.2 Å². The number of hydrogen-bond donors (Lipinski definition) is 1. The summed E-state index contributed by atoms with van der Waals surface area (Å²) >= 11 is 1.57. The van der Waals surface area contributed by atoms with E-state index in [1.165, 1.54) is 16.9 Å². The molecular formula is C21H16FN5OS. The summed E-state index contributed by atoms with van der Waals surface area (Å²) in [5.41, 5.74) is 1.34. The minimum absolute atomic E-state index is 0.0848. The van der Waals surface area contributed by atoms with E-state index in [0.29, 0.717) is 17.1 Å². The molecule has 1 amide bonds. The molecule has 1 N–H and O–H groups in total. The van der Waals surface area contributed by atoms with Gasteiger partial charge in [0, 0.05) is 15.4 Å². The van der Waals surface area contributed by atoms with Crippen LogP contribution in [0.1, 0.15) is 0 Å². The number of nitrogens with one attached hydrogen (secondary N) is 1. The lowest BCUT2D eigenvalue weighted by atomic mass is 10.2. The predicted molar refractivity (Wildman–Crippen MR) is 109 cm³/mol. The van der Waals surface area contributed by atoms with E-state index in [0.717, 1.165) is 9.79 Å². The average Bonchev–Trinajstić information content (AvgIpc) is 3.19. The molecule has 0 radical (unpaired) electrons. The molecule has 1 heterocycles. The zero-order valence-corrected chi connectivity index (χ0v) is 16.0. The van der Waals surface area contributed by atoms with E-state index < -0.39 is 0 Å². The molecule has 4 rings (SSSR count). The second kappa shape index (κ2) is 8.66. The summed E-state index contributed by atoms with van der Waals surface area (Å²) in [5.74, 6) is -0.278. The van der Waals surface area contributed by atoms with Gasteiger partial charge in [0.1, 0.15) is 12.4 Å². The lowest BCUT2D eigenvalue weighted by Crippen LogP contribution is -2.20. The van der Waals surface area contributed by atoms with Crippen LogP contribution in [0.15, 0.2) is 88.7 Å². The first-order valence-electron chi connectivity index (χ1n) is 8.83. The number of nitrogens with zero attached hydrogens (tertiary/aromatic N) is 4. The maximum Gasteiger partial charge on any atom is 0.248 e. The van der Waals surface area contributed by atoms with Gasteiger partial charge < -0.3 is 5.32 Å². The van der Waals surface area contributed by atoms with E-state index in [1.54, 1.807) is 23.9 Å². The number of tetrazole rings is 1. The number of halogens is 1. The highest BCUT2D eigenvalue weighted by Crippen LogP contribution is 2.33. The Labute approximate surface area is 170 Å². The fourth-order valence-electron chi connectivity index (χ4n) is 2.62. The van der Waals surface area contributed by atoms with Crippen LogP contribution in [0.5, 0.6) is 0 Å². The normalized spacial score (nSPS) is 10.7. The Morgan fingerprint density at radius 3 is 2.48 bits per heavy atom. The number of para-hydroxylation sites is 1. The number of hydrogen-bond acceptors (Lipinski definition) is 5. The first-order valence-corrected chi connectivity index (χ1v) is 9.64. The molecule has 3 aromatic carbocycles. The number of carbonyl (C=O) groups excluding carboxylic acids is 1. The molecule has 0 atom stereocenters. The summed E-state index contributed by atoms with van der Waals surface area (Å²) in [6, 6.07) is 23.3. The number of rotatable bonds is 6. The van der Waals surface area contributed by atoms with Crippen LogP contribution in [0.25, 0.3) is 11.4 Å². The van der Waals surface area contributed by atoms with Crippen molar-refractivity contribution in [1.82, 2.24) is 20.2 Å². The minimum Gasteiger partial charge on any atom is -0.323 e. The van der Waals surface area contributed by atoms with Crippen molar-refractivity contribution >= 4 is 23.4 Å². The molecular weight excluding hydrogens is 389 g/mol. The Hall–Kier alpha value is -3.52. The van der Waals surface area contributed by atoms with Gasteiger partial charge in [-0.1, -0.05) is 42.1 Å². The van der Waals surface area contributed by atoms with Gasteiger partial charge in [-0.2, -0.15) is 4.80 Å². The van der Waals surface area contributed by atoms with Gasteiger partial charge in [0.15, 0.2) is 0 Å². The molecule has 29 heavy (non-hydrogen) atoms. The standard InChI is InChI=1S/C21H16FN5OS/c22-16-12-10-15(11-13-16)21-24-26-27(25-21)14-20(28)23-18-8-4-5-9-19(18)29-17-6-2-1-3-7-17/h1-13H,14H2,(H,23,28). The molecule has 0 saturated heterocycles. The summed E-state index contributed by atoms with van der Waals surface area (Å²) in [7, 11) is 0. The van der Waals surface area contributed by atoms with Crippen LogP contribution in [0.4, 0.5) is 10.1 Å². The zero-order valence-electron chi connectivity index (χ0n) is 15.2. The number of aromatic nitrogens is 4. The molecule has 0 aliphatic heterocycles. The molecule has 0 bridgehead atoms. The van der Waals surface area contributed by atoms with Crippen LogP contribution in [-0.2, 0) is 11.3 Å². The molecule has 0 fully saturated rings. The van der Waals surface area contributed by atoms with Crippen molar-refractivity contribution in [2.75, 3.05) is 5.32 Å². The van der Waals surface area contributed by atoms with Crippen molar-refractivity contribution in [3.05, 3.63) is 84.7 Å². The van der Waals surface area contributed by atoms with Gasteiger partial charge in [0.25, 0.3) is 0 Å². The van der Waals surface area contributed by atoms with Crippen molar-refractivity contribution in [3.63, 3.8) is 0 Å². The second-order valence-corrected chi connectivity index (χ2v) is 7.23. The molecule has 1 aromatic heterocycles. The van der Waals surface area contributed by atoms with Crippen LogP contribution in [0.3, 0.4) is 0 Å². The Kier molecular flexibility index (Phi) is 5.62. The maximum atomic E-state index is 13.0. The summed E-state index contributed by atoms with van der Waals surface area (Å²) in [6.07, 6.45) is 0. The van der Waals surface area contributed by atoms with Crippen LogP contribution in [0.2, 0.25) is 0 Å². The van der Waals surface area contributed by atoms with E-state index in [2.05, 4.69) is 20.7 Å². The Morgan fingerprint density at radius 1 is 0.966 bits per heavy atom. The highest BCUT2D eigenvalue weighted by Gasteiger charge is 2.12. The molecule has 6 nitrogen and oxygen atoms in total. The highest BCUT2D eigenvalue weighted by molar-refractivity contribution is 7.99. The lowest BCUT2D eigenvalue weighted by Gasteiger charge is -2.10. The quantitative estimate of drug-likeness (QED) is 0.519. The van der Waals surface area contributed by atoms with Crippen LogP contribution < -0.4 is 5.32 Å². The molecule has 4 aromatic rings. The number of anilines is 1. The van der Waals surface area contributed by atoms with E-state index in [9.17, 15) is 9.18 Å². The fourth-order valence-corrected chi connectivity index (χ4v) is 3.54. The second-order valence-electron chi connectivity index (χ2n) is 6.11. The predicted octanol–water partition coefficient (Wildman–Crippen LogP) is 4.27. The SMILES string of the molecule is O=C(Cn1nnc(-c2ccc(F)cc2)n1)Nc1ccccc1Sc1ccccc1. The van der Waals surface area contributed by atoms with Crippen LogP contribution in [0, 0.1) is 5.82 Å². The summed E-state index contributed by atoms with van der Waals surface area (Å²) < 4.78 is 13.0. The molecule has 144 valence electrons. The summed E-state index contributed by atoms with van der Waals surface area (Å²) in [4.78, 5) is 15.7. The minimum atomic E-state index is -0.340. The number of amides is 1. The Morgan fingerprint density at radius 2 is 1.69 bits per heavy atom. The van der Waals surface area contributed by atoms with Gasteiger partial charge in [0.05, 0.1) is 5.69 Å². The van der Waals surface area contributed by atoms with Crippen molar-refractivity contribution in [1.29, 1.82) is 0 Å². The van der Waals surface area contributed by atoms with E-state index in [4.69, 9.17) is 0 Å². The van der Waals surface area contributed by atoms with Gasteiger partial charge >= 0.3 is 0 Å². The van der Waals surface area contributed by atoms with Gasteiger partial charge in [-0.25, -0.2) is 4.39 Å². The monoisotopic (exact) mass is 405 g/mol. The third-order valence-electron chi connectivity index (χ3n) is 3.97. The maximum absolute atomic E-state index is 13.0. The van der Waals surface area contributed by atoms with E-state index in [1.807, 2.05) is 54.6 Å². The third-order valence-corrected chi connectivity index (χ3v) is 5.06. The van der Waals surface area contributed by atoms with E-state index in [-0.39, 0.29) is 18.3 Å². The molecule has 0 aliphatic carbocycles. The van der Waals surface area contributed by atoms with Crippen LogP contribution in [-0.4, -0.2) is 26.1 Å². The Balaban J connectivity index is 1.43. The van der Waals surface area contributed by atoms with Crippen molar-refractivity contribution < 1.29 is 9.18 Å². The fraction of sp³-hybridized carbons (Fsp3) is 0.0476. The van der Waals surface area contributed by atoms with E-state index >= 15 is 0 Å². The third kappa shape index (κ3) is 4.85. The first kappa shape index (κ1) is 18.8. The summed E-state index contributed by atoms with van der Waals surface area (Å²) in [5, 5.41) is 14.9. The highest BCUT2D eigenvalue weighted by atomic mass is 32.2.